The molecule has 4 rings (SSSR count). The van der Waals surface area contributed by atoms with Gasteiger partial charge in [-0.15, -0.1) is 0 Å². The maximum atomic E-state index is 12.9. The molecule has 0 aromatic heterocycles. The van der Waals surface area contributed by atoms with Crippen molar-refractivity contribution in [2.24, 2.45) is 5.92 Å². The summed E-state index contributed by atoms with van der Waals surface area (Å²) in [5.41, 5.74) is 1.09. The number of piperidine rings is 1. The number of likely N-dealkylation sites (N-methyl/N-ethyl adjacent to an activating group) is 1. The molecule has 0 saturated carbocycles. The number of nitrogens with zero attached hydrogens (tertiary/aromatic N) is 4. The first kappa shape index (κ1) is 23.3. The van der Waals surface area contributed by atoms with Crippen LogP contribution in [0, 0.1) is 12.3 Å². The number of carbonyl (C=O) groups excluding carboxylic acids is 1. The van der Waals surface area contributed by atoms with Crippen molar-refractivity contribution in [3.63, 3.8) is 0 Å². The predicted octanol–water partition coefficient (Wildman–Crippen LogP) is 1.53. The Balaban J connectivity index is 1.25. The molecule has 7 nitrogen and oxygen atoms in total. The number of hydrogen-bond acceptors (Lipinski definition) is 6. The fourth-order valence-electron chi connectivity index (χ4n) is 4.57. The molecule has 1 radical (unpaired) electrons. The van der Waals surface area contributed by atoms with Gasteiger partial charge in [-0.3, -0.25) is 4.79 Å². The van der Waals surface area contributed by atoms with E-state index in [1.54, 1.807) is 23.1 Å². The Kier molecular flexibility index (Phi) is 7.22. The Hall–Kier alpha value is -1.90. The molecule has 3 aliphatic heterocycles. The Morgan fingerprint density at radius 1 is 1.06 bits per heavy atom. The number of carbonyl (C=O) groups is 1. The zero-order chi connectivity index (χ0) is 22.7. The van der Waals surface area contributed by atoms with Crippen molar-refractivity contribution < 1.29 is 13.2 Å². The van der Waals surface area contributed by atoms with Crippen LogP contribution in [0.3, 0.4) is 0 Å². The zero-order valence-electron chi connectivity index (χ0n) is 19.2. The lowest BCUT2D eigenvalue weighted by Crippen LogP contribution is -2.56. The second-order valence-electron chi connectivity index (χ2n) is 9.51. The van der Waals surface area contributed by atoms with E-state index in [1.165, 1.54) is 32.0 Å². The van der Waals surface area contributed by atoms with Crippen molar-refractivity contribution in [2.45, 2.75) is 23.0 Å². The van der Waals surface area contributed by atoms with E-state index >= 15 is 0 Å². The molecule has 175 valence electrons. The molecule has 1 amide bonds. The molecule has 0 aliphatic carbocycles. The van der Waals surface area contributed by atoms with E-state index in [0.717, 1.165) is 25.3 Å². The number of sulfone groups is 1. The quantitative estimate of drug-likeness (QED) is 0.550. The van der Waals surface area contributed by atoms with Crippen LogP contribution in [0.2, 0.25) is 0 Å². The van der Waals surface area contributed by atoms with E-state index in [4.69, 9.17) is 0 Å². The standard InChI is InChI=1S/C24H35N4O3S/c1-25(2)12-6-7-24(29)28-18-23(19-28)32(30,31)22-10-8-21(9-11-22)27-16-20(17-27)15-26-13-4-3-5-14-26/h3,6-11,20,23H,4-5,12-19H2,1-2H3/b7-6+. The first-order valence-electron chi connectivity index (χ1n) is 11.6. The SMILES string of the molecule is CN(C)C/C=C/C(=O)N1CC(S(=O)(=O)c2ccc(N3CC(CN4CC[CH]CC4)C3)cc2)C1. The molecule has 0 bridgehead atoms. The largest absolute Gasteiger partial charge is 0.371 e. The minimum atomic E-state index is -3.42. The van der Waals surface area contributed by atoms with Crippen LogP contribution in [0.25, 0.3) is 0 Å². The van der Waals surface area contributed by atoms with Gasteiger partial charge in [0, 0.05) is 56.9 Å². The van der Waals surface area contributed by atoms with Crippen LogP contribution in [0.1, 0.15) is 12.8 Å². The summed E-state index contributed by atoms with van der Waals surface area (Å²) in [6.45, 7) is 6.80. The van der Waals surface area contributed by atoms with Crippen LogP contribution in [-0.4, -0.2) is 101 Å². The first-order chi connectivity index (χ1) is 15.3. The highest BCUT2D eigenvalue weighted by atomic mass is 32.2. The topological polar surface area (TPSA) is 64.2 Å². The predicted molar refractivity (Wildman–Crippen MR) is 127 cm³/mol. The van der Waals surface area contributed by atoms with E-state index in [0.29, 0.717) is 17.4 Å². The number of rotatable bonds is 8. The van der Waals surface area contributed by atoms with E-state index in [9.17, 15) is 13.2 Å². The normalized spacial score (nSPS) is 21.2. The Morgan fingerprint density at radius 3 is 2.34 bits per heavy atom. The minimum absolute atomic E-state index is 0.122. The highest BCUT2D eigenvalue weighted by molar-refractivity contribution is 7.92. The number of anilines is 1. The molecule has 1 aromatic carbocycles. The third-order valence-corrected chi connectivity index (χ3v) is 8.74. The summed E-state index contributed by atoms with van der Waals surface area (Å²) in [7, 11) is 0.445. The lowest BCUT2D eigenvalue weighted by Gasteiger charge is -2.44. The van der Waals surface area contributed by atoms with E-state index in [-0.39, 0.29) is 19.0 Å². The van der Waals surface area contributed by atoms with Crippen molar-refractivity contribution in [3.05, 3.63) is 42.8 Å². The fraction of sp³-hybridized carbons (Fsp3) is 0.583. The maximum absolute atomic E-state index is 12.9. The van der Waals surface area contributed by atoms with Crippen LogP contribution in [0.4, 0.5) is 5.69 Å². The molecule has 8 heteroatoms. The van der Waals surface area contributed by atoms with E-state index in [2.05, 4.69) is 16.2 Å². The van der Waals surface area contributed by atoms with Crippen LogP contribution in [0.5, 0.6) is 0 Å². The molecule has 3 aliphatic rings. The lowest BCUT2D eigenvalue weighted by atomic mass is 9.97. The highest BCUT2D eigenvalue weighted by Crippen LogP contribution is 2.29. The summed E-state index contributed by atoms with van der Waals surface area (Å²) in [5, 5.41) is -0.519. The van der Waals surface area contributed by atoms with Gasteiger partial charge in [-0.25, -0.2) is 8.42 Å². The summed E-state index contributed by atoms with van der Waals surface area (Å²) in [5.74, 6) is 0.574. The van der Waals surface area contributed by atoms with Gasteiger partial charge in [0.05, 0.1) is 4.90 Å². The van der Waals surface area contributed by atoms with Crippen molar-refractivity contribution >= 4 is 21.4 Å². The van der Waals surface area contributed by atoms with Crippen molar-refractivity contribution in [1.29, 1.82) is 0 Å². The van der Waals surface area contributed by atoms with Gasteiger partial charge in [0.15, 0.2) is 9.84 Å². The lowest BCUT2D eigenvalue weighted by molar-refractivity contribution is -0.129. The van der Waals surface area contributed by atoms with Crippen LogP contribution in [-0.2, 0) is 14.6 Å². The maximum Gasteiger partial charge on any atom is 0.246 e. The van der Waals surface area contributed by atoms with Gasteiger partial charge in [-0.2, -0.15) is 0 Å². The second-order valence-corrected chi connectivity index (χ2v) is 11.7. The Labute approximate surface area is 192 Å². The van der Waals surface area contributed by atoms with Crippen molar-refractivity contribution in [1.82, 2.24) is 14.7 Å². The second kappa shape index (κ2) is 9.93. The van der Waals surface area contributed by atoms with Gasteiger partial charge in [0.2, 0.25) is 5.91 Å². The molecule has 3 saturated heterocycles. The number of likely N-dealkylation sites (tertiary alicyclic amines) is 2. The molecule has 1 aromatic rings. The van der Waals surface area contributed by atoms with Gasteiger partial charge in [-0.05, 0) is 70.7 Å². The number of amides is 1. The van der Waals surface area contributed by atoms with Gasteiger partial charge >= 0.3 is 0 Å². The smallest absolute Gasteiger partial charge is 0.246 e. The van der Waals surface area contributed by atoms with Crippen LogP contribution >= 0.6 is 0 Å². The third kappa shape index (κ3) is 5.35. The van der Waals surface area contributed by atoms with Gasteiger partial charge in [0.1, 0.15) is 5.25 Å². The zero-order valence-corrected chi connectivity index (χ0v) is 20.0. The van der Waals surface area contributed by atoms with Crippen LogP contribution < -0.4 is 4.90 Å². The summed E-state index contributed by atoms with van der Waals surface area (Å²) in [6, 6.07) is 7.29. The Bertz CT molecular complexity index is 911. The summed E-state index contributed by atoms with van der Waals surface area (Å²) < 4.78 is 25.9. The van der Waals surface area contributed by atoms with Crippen LogP contribution in [0.15, 0.2) is 41.3 Å². The van der Waals surface area contributed by atoms with Gasteiger partial charge < -0.3 is 19.6 Å². The highest BCUT2D eigenvalue weighted by Gasteiger charge is 2.40. The van der Waals surface area contributed by atoms with E-state index in [1.807, 2.05) is 31.1 Å². The minimum Gasteiger partial charge on any atom is -0.371 e. The monoisotopic (exact) mass is 459 g/mol. The first-order valence-corrected chi connectivity index (χ1v) is 13.1. The third-order valence-electron chi connectivity index (χ3n) is 6.63. The van der Waals surface area contributed by atoms with Gasteiger partial charge in [0.25, 0.3) is 0 Å². The van der Waals surface area contributed by atoms with Crippen molar-refractivity contribution in [3.8, 4) is 0 Å². The molecule has 3 fully saturated rings. The molecule has 32 heavy (non-hydrogen) atoms. The summed E-state index contributed by atoms with van der Waals surface area (Å²) in [6.07, 6.45) is 8.11. The molecule has 0 spiro atoms. The Morgan fingerprint density at radius 2 is 1.72 bits per heavy atom. The molecular formula is C24H35N4O3S. The van der Waals surface area contributed by atoms with Crippen molar-refractivity contribution in [2.75, 3.05) is 71.4 Å². The number of hydrogen-bond donors (Lipinski definition) is 0. The summed E-state index contributed by atoms with van der Waals surface area (Å²) in [4.78, 5) is 20.9. The summed E-state index contributed by atoms with van der Waals surface area (Å²) >= 11 is 0. The molecule has 0 atom stereocenters. The number of benzene rings is 1. The molecule has 0 unspecified atom stereocenters. The molecule has 0 N–H and O–H groups in total. The van der Waals surface area contributed by atoms with Gasteiger partial charge in [-0.1, -0.05) is 6.08 Å². The average molecular weight is 460 g/mol. The molecular weight excluding hydrogens is 424 g/mol. The fourth-order valence-corrected chi connectivity index (χ4v) is 6.22. The van der Waals surface area contributed by atoms with E-state index < -0.39 is 15.1 Å². The molecule has 3 heterocycles. The average Bonchev–Trinajstić information content (AvgIpc) is 2.70.